The summed E-state index contributed by atoms with van der Waals surface area (Å²) in [6, 6.07) is 29.4. The monoisotopic (exact) mass is 332 g/mol. The van der Waals surface area contributed by atoms with Gasteiger partial charge in [0, 0.05) is 17.2 Å². The van der Waals surface area contributed by atoms with E-state index in [0.29, 0.717) is 6.42 Å². The molecular weight excluding hydrogens is 312 g/mol. The van der Waals surface area contributed by atoms with E-state index in [1.807, 2.05) is 31.2 Å². The fourth-order valence-electron chi connectivity index (χ4n) is 2.83. The van der Waals surface area contributed by atoms with Gasteiger partial charge in [-0.15, -0.1) is 0 Å². The van der Waals surface area contributed by atoms with Gasteiger partial charge in [-0.05, 0) is 28.8 Å². The Bertz CT molecular complexity index is 757. The van der Waals surface area contributed by atoms with Gasteiger partial charge in [0.05, 0.1) is 0 Å². The van der Waals surface area contributed by atoms with Crippen molar-refractivity contribution in [3.63, 3.8) is 0 Å². The summed E-state index contributed by atoms with van der Waals surface area (Å²) in [6.07, 6.45) is 0.551. The van der Waals surface area contributed by atoms with Crippen molar-refractivity contribution < 1.29 is 4.79 Å². The first-order valence-corrected chi connectivity index (χ1v) is 9.00. The van der Waals surface area contributed by atoms with Crippen LogP contribution < -0.4 is 0 Å². The molecule has 0 aliphatic carbocycles. The van der Waals surface area contributed by atoms with E-state index in [1.54, 1.807) is 0 Å². The second-order valence-electron chi connectivity index (χ2n) is 5.65. The smallest absolute Gasteiger partial charge is 0.193 e. The molecule has 120 valence electrons. The van der Waals surface area contributed by atoms with Crippen LogP contribution in [0.15, 0.2) is 89.8 Å². The number of thioether (sulfide) groups is 1. The van der Waals surface area contributed by atoms with Crippen molar-refractivity contribution >= 4 is 16.9 Å². The minimum atomic E-state index is 0.171. The Kier molecular flexibility index (Phi) is 5.50. The van der Waals surface area contributed by atoms with Crippen LogP contribution in [-0.4, -0.2) is 5.12 Å². The summed E-state index contributed by atoms with van der Waals surface area (Å²) in [5.41, 5.74) is 3.72. The number of carbonyl (C=O) groups excluding carboxylic acids is 1. The average Bonchev–Trinajstić information content (AvgIpc) is 2.64. The van der Waals surface area contributed by atoms with E-state index in [4.69, 9.17) is 0 Å². The Labute approximate surface area is 147 Å². The van der Waals surface area contributed by atoms with Crippen LogP contribution in [0.5, 0.6) is 0 Å². The van der Waals surface area contributed by atoms with E-state index < -0.39 is 0 Å². The number of benzene rings is 3. The van der Waals surface area contributed by atoms with Crippen molar-refractivity contribution in [1.82, 2.24) is 0 Å². The van der Waals surface area contributed by atoms with Gasteiger partial charge in [-0.25, -0.2) is 0 Å². The molecule has 0 fully saturated rings. The zero-order valence-electron chi connectivity index (χ0n) is 13.7. The first kappa shape index (κ1) is 16.5. The van der Waals surface area contributed by atoms with Crippen LogP contribution in [0, 0.1) is 0 Å². The lowest BCUT2D eigenvalue weighted by molar-refractivity contribution is -0.110. The van der Waals surface area contributed by atoms with Gasteiger partial charge in [-0.2, -0.15) is 0 Å². The Hall–Kier alpha value is -2.32. The maximum atomic E-state index is 11.8. The number of hydrogen-bond donors (Lipinski definition) is 0. The molecule has 24 heavy (non-hydrogen) atoms. The summed E-state index contributed by atoms with van der Waals surface area (Å²) in [5.74, 6) is 0.171. The summed E-state index contributed by atoms with van der Waals surface area (Å²) in [4.78, 5) is 12.8. The van der Waals surface area contributed by atoms with Gasteiger partial charge in [-0.3, -0.25) is 4.79 Å². The molecular formula is C22H20OS. The van der Waals surface area contributed by atoms with Crippen LogP contribution in [0.1, 0.15) is 36.0 Å². The van der Waals surface area contributed by atoms with Gasteiger partial charge >= 0.3 is 0 Å². The lowest BCUT2D eigenvalue weighted by Crippen LogP contribution is -2.03. The molecule has 0 aliphatic heterocycles. The molecule has 0 heterocycles. The predicted octanol–water partition coefficient (Wildman–Crippen LogP) is 5.90. The van der Waals surface area contributed by atoms with Crippen molar-refractivity contribution in [1.29, 1.82) is 0 Å². The molecule has 0 saturated heterocycles. The van der Waals surface area contributed by atoms with Crippen molar-refractivity contribution in [2.75, 3.05) is 0 Å². The zero-order chi connectivity index (χ0) is 16.8. The minimum Gasteiger partial charge on any atom is -0.287 e. The van der Waals surface area contributed by atoms with Crippen LogP contribution in [0.4, 0.5) is 0 Å². The number of hydrogen-bond acceptors (Lipinski definition) is 2. The molecule has 0 aromatic heterocycles. The van der Waals surface area contributed by atoms with Crippen LogP contribution in [0.2, 0.25) is 0 Å². The van der Waals surface area contributed by atoms with Crippen LogP contribution in [-0.2, 0) is 4.79 Å². The fraction of sp³-hybridized carbons (Fsp3) is 0.136. The molecule has 0 amide bonds. The average molecular weight is 332 g/mol. The summed E-state index contributed by atoms with van der Waals surface area (Å²) in [7, 11) is 0. The molecule has 0 unspecified atom stereocenters. The second kappa shape index (κ2) is 7.98. The molecule has 0 radical (unpaired) electrons. The molecule has 3 aromatic rings. The zero-order valence-corrected chi connectivity index (χ0v) is 14.5. The van der Waals surface area contributed by atoms with E-state index >= 15 is 0 Å². The molecule has 0 N–H and O–H groups in total. The number of carbonyl (C=O) groups is 1. The van der Waals surface area contributed by atoms with Gasteiger partial charge < -0.3 is 0 Å². The van der Waals surface area contributed by atoms with E-state index in [1.165, 1.54) is 28.5 Å². The molecule has 2 heteroatoms. The summed E-state index contributed by atoms with van der Waals surface area (Å²) in [6.45, 7) is 1.90. The van der Waals surface area contributed by atoms with Gasteiger partial charge in [0.1, 0.15) is 0 Å². The Morgan fingerprint density at radius 3 is 1.88 bits per heavy atom. The summed E-state index contributed by atoms with van der Waals surface area (Å²) >= 11 is 1.33. The molecule has 1 nitrogen and oxygen atoms in total. The topological polar surface area (TPSA) is 17.1 Å². The first-order chi connectivity index (χ1) is 11.8. The van der Waals surface area contributed by atoms with Crippen molar-refractivity contribution in [2.24, 2.45) is 0 Å². The van der Waals surface area contributed by atoms with Gasteiger partial charge in [0.25, 0.3) is 0 Å². The lowest BCUT2D eigenvalue weighted by Gasteiger charge is -2.19. The van der Waals surface area contributed by atoms with Crippen LogP contribution >= 0.6 is 11.8 Å². The fourth-order valence-corrected chi connectivity index (χ4v) is 3.58. The van der Waals surface area contributed by atoms with E-state index in [-0.39, 0.29) is 11.0 Å². The van der Waals surface area contributed by atoms with Gasteiger partial charge in [0.2, 0.25) is 0 Å². The highest BCUT2D eigenvalue weighted by Gasteiger charge is 2.17. The van der Waals surface area contributed by atoms with Crippen molar-refractivity contribution in [2.45, 2.75) is 24.2 Å². The molecule has 0 saturated carbocycles. The largest absolute Gasteiger partial charge is 0.287 e. The second-order valence-corrected chi connectivity index (χ2v) is 6.79. The van der Waals surface area contributed by atoms with Crippen molar-refractivity contribution in [3.8, 4) is 0 Å². The lowest BCUT2D eigenvalue weighted by atomic mass is 9.85. The SMILES string of the molecule is CCC(=O)Sc1cccc(C(c2ccccc2)c2ccccc2)c1. The highest BCUT2D eigenvalue weighted by atomic mass is 32.2. The Balaban J connectivity index is 2.03. The number of rotatable bonds is 5. The molecule has 0 bridgehead atoms. The normalized spacial score (nSPS) is 10.8. The predicted molar refractivity (Wildman–Crippen MR) is 101 cm³/mol. The first-order valence-electron chi connectivity index (χ1n) is 8.18. The highest BCUT2D eigenvalue weighted by Crippen LogP contribution is 2.33. The van der Waals surface area contributed by atoms with E-state index in [9.17, 15) is 4.79 Å². The minimum absolute atomic E-state index is 0.171. The molecule has 3 aromatic carbocycles. The molecule has 0 aliphatic rings. The van der Waals surface area contributed by atoms with E-state index in [0.717, 1.165) is 4.90 Å². The molecule has 0 spiro atoms. The molecule has 3 rings (SSSR count). The quantitative estimate of drug-likeness (QED) is 0.428. The Morgan fingerprint density at radius 1 is 0.792 bits per heavy atom. The van der Waals surface area contributed by atoms with Crippen LogP contribution in [0.3, 0.4) is 0 Å². The standard InChI is InChI=1S/C22H20OS/c1-2-21(23)24-20-15-9-14-19(16-20)22(17-10-5-3-6-11-17)18-12-7-4-8-13-18/h3-16,22H,2H2,1H3. The van der Waals surface area contributed by atoms with Gasteiger partial charge in [-0.1, -0.05) is 91.5 Å². The van der Waals surface area contributed by atoms with Crippen molar-refractivity contribution in [3.05, 3.63) is 102 Å². The maximum absolute atomic E-state index is 11.8. The third-order valence-electron chi connectivity index (χ3n) is 3.98. The maximum Gasteiger partial charge on any atom is 0.193 e. The highest BCUT2D eigenvalue weighted by molar-refractivity contribution is 8.13. The van der Waals surface area contributed by atoms with Crippen LogP contribution in [0.25, 0.3) is 0 Å². The van der Waals surface area contributed by atoms with E-state index in [2.05, 4.69) is 60.7 Å². The molecule has 0 atom stereocenters. The summed E-state index contributed by atoms with van der Waals surface area (Å²) < 4.78 is 0. The Morgan fingerprint density at radius 2 is 1.33 bits per heavy atom. The summed E-state index contributed by atoms with van der Waals surface area (Å²) in [5, 5.41) is 0.197. The third kappa shape index (κ3) is 3.95. The van der Waals surface area contributed by atoms with Gasteiger partial charge in [0.15, 0.2) is 5.12 Å². The third-order valence-corrected chi connectivity index (χ3v) is 4.98.